The Morgan fingerprint density at radius 2 is 2.21 bits per heavy atom. The van der Waals surface area contributed by atoms with Gasteiger partial charge in [-0.2, -0.15) is 15.3 Å². The molecule has 178 valence electrons. The summed E-state index contributed by atoms with van der Waals surface area (Å²) in [7, 11) is 0. The predicted molar refractivity (Wildman–Crippen MR) is 124 cm³/mol. The molecule has 2 N–H and O–H groups in total. The molecule has 1 aliphatic carbocycles. The van der Waals surface area contributed by atoms with Crippen LogP contribution in [-0.4, -0.2) is 73.7 Å². The van der Waals surface area contributed by atoms with Gasteiger partial charge < -0.3 is 9.72 Å². The van der Waals surface area contributed by atoms with Crippen LogP contribution in [0.25, 0.3) is 11.0 Å². The summed E-state index contributed by atoms with van der Waals surface area (Å²) in [5.74, 6) is 0.460. The SMILES string of the molecule is CC1(N(Nc2cnn([C@H]3CCN(C4COC4)C[C@@H]3F)c2Cl)c2ncc3c(C#N)c[nH]c3n2)CC1. The van der Waals surface area contributed by atoms with Crippen LogP contribution in [0, 0.1) is 11.3 Å². The minimum atomic E-state index is -1.07. The average Bonchev–Trinajstić information content (AvgIpc) is 3.24. The average molecular weight is 486 g/mol. The number of fused-ring (bicyclic) bond motifs is 1. The summed E-state index contributed by atoms with van der Waals surface area (Å²) >= 11 is 6.71. The number of hydrogen-bond acceptors (Lipinski definition) is 8. The number of aromatic amines is 1. The van der Waals surface area contributed by atoms with E-state index in [1.165, 1.54) is 0 Å². The third-order valence-corrected chi connectivity index (χ3v) is 7.59. The fourth-order valence-electron chi connectivity index (χ4n) is 4.66. The maximum absolute atomic E-state index is 15.1. The number of alkyl halides is 1. The Hall–Kier alpha value is -2.94. The highest BCUT2D eigenvalue weighted by Crippen LogP contribution is 2.43. The molecular formula is C22H25ClFN9O. The van der Waals surface area contributed by atoms with Crippen LogP contribution in [0.1, 0.15) is 37.8 Å². The molecule has 6 rings (SSSR count). The molecule has 0 spiro atoms. The maximum Gasteiger partial charge on any atom is 0.246 e. The minimum absolute atomic E-state index is 0.192. The highest BCUT2D eigenvalue weighted by Gasteiger charge is 2.46. The normalized spacial score (nSPS) is 24.5. The van der Waals surface area contributed by atoms with Crippen LogP contribution in [0.3, 0.4) is 0 Å². The first-order chi connectivity index (χ1) is 16.5. The third-order valence-electron chi connectivity index (χ3n) is 7.21. The molecule has 0 unspecified atom stereocenters. The fraction of sp³-hybridized carbons (Fsp3) is 0.545. The van der Waals surface area contributed by atoms with Gasteiger partial charge in [-0.3, -0.25) is 10.3 Å². The van der Waals surface area contributed by atoms with Gasteiger partial charge in [0.25, 0.3) is 0 Å². The zero-order chi connectivity index (χ0) is 23.4. The van der Waals surface area contributed by atoms with Crippen LogP contribution in [0.2, 0.25) is 5.15 Å². The third kappa shape index (κ3) is 3.57. The number of H-pyrrole nitrogens is 1. The lowest BCUT2D eigenvalue weighted by Gasteiger charge is -2.42. The van der Waals surface area contributed by atoms with Gasteiger partial charge >= 0.3 is 0 Å². The van der Waals surface area contributed by atoms with Gasteiger partial charge in [-0.15, -0.1) is 0 Å². The summed E-state index contributed by atoms with van der Waals surface area (Å²) in [6, 6.07) is 2.04. The van der Waals surface area contributed by atoms with E-state index >= 15 is 4.39 Å². The van der Waals surface area contributed by atoms with E-state index in [0.717, 1.165) is 19.4 Å². The molecule has 3 aromatic heterocycles. The summed E-state index contributed by atoms with van der Waals surface area (Å²) < 4.78 is 22.0. The lowest BCUT2D eigenvalue weighted by atomic mass is 10.0. The number of piperidine rings is 1. The summed E-state index contributed by atoms with van der Waals surface area (Å²) in [5.41, 5.74) is 4.80. The maximum atomic E-state index is 15.1. The van der Waals surface area contributed by atoms with Crippen LogP contribution in [-0.2, 0) is 4.74 Å². The predicted octanol–water partition coefficient (Wildman–Crippen LogP) is 3.05. The number of nitrogens with one attached hydrogen (secondary N) is 2. The van der Waals surface area contributed by atoms with E-state index in [9.17, 15) is 5.26 Å². The van der Waals surface area contributed by atoms with Gasteiger partial charge in [-0.25, -0.2) is 19.1 Å². The van der Waals surface area contributed by atoms with Gasteiger partial charge in [0.2, 0.25) is 5.95 Å². The van der Waals surface area contributed by atoms with Gasteiger partial charge in [0.1, 0.15) is 23.6 Å². The number of nitriles is 1. The van der Waals surface area contributed by atoms with Crippen LogP contribution in [0.15, 0.2) is 18.6 Å². The molecule has 0 amide bonds. The highest BCUT2D eigenvalue weighted by atomic mass is 35.5. The van der Waals surface area contributed by atoms with Crippen molar-refractivity contribution in [3.8, 4) is 6.07 Å². The number of anilines is 2. The number of hydrazine groups is 1. The van der Waals surface area contributed by atoms with Crippen molar-refractivity contribution in [2.45, 2.75) is 50.0 Å². The second-order valence-corrected chi connectivity index (χ2v) is 9.90. The Bertz CT molecular complexity index is 1260. The molecule has 3 aromatic rings. The van der Waals surface area contributed by atoms with Crippen LogP contribution in [0.5, 0.6) is 0 Å². The molecule has 2 aliphatic heterocycles. The Morgan fingerprint density at radius 3 is 2.88 bits per heavy atom. The molecular weight excluding hydrogens is 461 g/mol. The van der Waals surface area contributed by atoms with Crippen LogP contribution < -0.4 is 10.4 Å². The van der Waals surface area contributed by atoms with Crippen LogP contribution in [0.4, 0.5) is 16.0 Å². The van der Waals surface area contributed by atoms with Crippen LogP contribution >= 0.6 is 11.6 Å². The molecule has 10 nitrogen and oxygen atoms in total. The standard InChI is InChI=1S/C22H25ClFN9O/c1-22(3-4-22)33(21-27-8-15-13(6-25)7-26-20(15)29-21)30-17-9-28-32(19(17)23)18-2-5-31(10-16(18)24)14-11-34-12-14/h7-9,14,16,18,30H,2-5,10-12H2,1H3,(H,26,27,29)/t16-,18-/m0/s1. The van der Waals surface area contributed by atoms with Gasteiger partial charge in [0, 0.05) is 25.5 Å². The first-order valence-electron chi connectivity index (χ1n) is 11.5. The van der Waals surface area contributed by atoms with Crippen molar-refractivity contribution in [2.24, 2.45) is 0 Å². The summed E-state index contributed by atoms with van der Waals surface area (Å²) in [6.45, 7) is 4.61. The zero-order valence-corrected chi connectivity index (χ0v) is 19.5. The lowest BCUT2D eigenvalue weighted by molar-refractivity contribution is -0.0847. The first-order valence-corrected chi connectivity index (χ1v) is 11.8. The lowest BCUT2D eigenvalue weighted by Crippen LogP contribution is -2.55. The fourth-order valence-corrected chi connectivity index (χ4v) is 4.92. The Balaban J connectivity index is 1.24. The van der Waals surface area contributed by atoms with Crippen molar-refractivity contribution in [3.05, 3.63) is 29.3 Å². The molecule has 3 aliphatic rings. The molecule has 0 aromatic carbocycles. The molecule has 3 fully saturated rings. The topological polar surface area (TPSA) is 111 Å². The second kappa shape index (κ2) is 8.08. The first kappa shape index (κ1) is 21.6. The largest absolute Gasteiger partial charge is 0.378 e. The summed E-state index contributed by atoms with van der Waals surface area (Å²) in [5, 5.41) is 16.6. The van der Waals surface area contributed by atoms with Crippen molar-refractivity contribution in [2.75, 3.05) is 36.7 Å². The summed E-state index contributed by atoms with van der Waals surface area (Å²) in [4.78, 5) is 14.3. The number of nitrogens with zero attached hydrogens (tertiary/aromatic N) is 7. The minimum Gasteiger partial charge on any atom is -0.378 e. The highest BCUT2D eigenvalue weighted by molar-refractivity contribution is 6.32. The Kier molecular flexibility index (Phi) is 5.13. The van der Waals surface area contributed by atoms with E-state index in [-0.39, 0.29) is 5.54 Å². The molecule has 5 heterocycles. The quantitative estimate of drug-likeness (QED) is 0.512. The number of likely N-dealkylation sites (tertiary alicyclic amines) is 1. The van der Waals surface area contributed by atoms with Gasteiger partial charge in [-0.05, 0) is 26.2 Å². The van der Waals surface area contributed by atoms with Gasteiger partial charge in [0.05, 0.1) is 48.0 Å². The van der Waals surface area contributed by atoms with E-state index < -0.39 is 12.2 Å². The number of aromatic nitrogens is 5. The molecule has 1 saturated carbocycles. The number of rotatable bonds is 6. The molecule has 34 heavy (non-hydrogen) atoms. The molecule has 0 bridgehead atoms. The number of halogens is 2. The Morgan fingerprint density at radius 1 is 1.38 bits per heavy atom. The van der Waals surface area contributed by atoms with Crippen molar-refractivity contribution in [3.63, 3.8) is 0 Å². The zero-order valence-electron chi connectivity index (χ0n) is 18.7. The van der Waals surface area contributed by atoms with Crippen molar-refractivity contribution < 1.29 is 9.13 Å². The van der Waals surface area contributed by atoms with E-state index in [0.29, 0.717) is 65.6 Å². The number of hydrogen-bond donors (Lipinski definition) is 2. The summed E-state index contributed by atoms with van der Waals surface area (Å²) in [6.07, 6.45) is 6.37. The van der Waals surface area contributed by atoms with E-state index in [1.807, 2.05) is 5.01 Å². The van der Waals surface area contributed by atoms with E-state index in [4.69, 9.17) is 16.3 Å². The van der Waals surface area contributed by atoms with Gasteiger partial charge in [-0.1, -0.05) is 11.6 Å². The molecule has 2 atom stereocenters. The molecule has 12 heteroatoms. The van der Waals surface area contributed by atoms with Gasteiger partial charge in [0.15, 0.2) is 5.15 Å². The number of ether oxygens (including phenoxy) is 1. The molecule has 2 saturated heterocycles. The molecule has 0 radical (unpaired) electrons. The van der Waals surface area contributed by atoms with Crippen molar-refractivity contribution in [1.29, 1.82) is 5.26 Å². The van der Waals surface area contributed by atoms with Crippen molar-refractivity contribution in [1.82, 2.24) is 29.6 Å². The van der Waals surface area contributed by atoms with E-state index in [1.54, 1.807) is 23.3 Å². The second-order valence-electron chi connectivity index (χ2n) is 9.54. The smallest absolute Gasteiger partial charge is 0.246 e. The van der Waals surface area contributed by atoms with E-state index in [2.05, 4.69) is 43.4 Å². The monoisotopic (exact) mass is 485 g/mol. The Labute approximate surface area is 200 Å². The van der Waals surface area contributed by atoms with Crippen molar-refractivity contribution >= 4 is 34.3 Å².